The van der Waals surface area contributed by atoms with Gasteiger partial charge in [-0.25, -0.2) is 0 Å². The van der Waals surface area contributed by atoms with Crippen molar-refractivity contribution in [2.45, 2.75) is 33.2 Å². The van der Waals surface area contributed by atoms with Crippen molar-refractivity contribution in [1.82, 2.24) is 14.7 Å². The summed E-state index contributed by atoms with van der Waals surface area (Å²) in [5.74, 6) is 0.808. The van der Waals surface area contributed by atoms with Gasteiger partial charge in [0.2, 0.25) is 0 Å². The van der Waals surface area contributed by atoms with Gasteiger partial charge in [0.05, 0.1) is 12.2 Å². The summed E-state index contributed by atoms with van der Waals surface area (Å²) in [4.78, 5) is 2.06. The van der Waals surface area contributed by atoms with Crippen molar-refractivity contribution >= 4 is 5.82 Å². The first-order chi connectivity index (χ1) is 7.08. The van der Waals surface area contributed by atoms with Crippen LogP contribution in [0.4, 0.5) is 5.82 Å². The molecule has 0 fully saturated rings. The first-order valence-corrected chi connectivity index (χ1v) is 5.32. The Morgan fingerprint density at radius 3 is 2.87 bits per heavy atom. The topological polar surface area (TPSA) is 67.3 Å². The van der Waals surface area contributed by atoms with Crippen LogP contribution in [0.5, 0.6) is 0 Å². The molecule has 1 unspecified atom stereocenters. The molecule has 84 valence electrons. The van der Waals surface area contributed by atoms with E-state index in [1.807, 2.05) is 24.6 Å². The Kier molecular flexibility index (Phi) is 2.67. The number of rotatable bonds is 2. The third-order valence-electron chi connectivity index (χ3n) is 2.82. The second-order valence-electron chi connectivity index (χ2n) is 4.41. The van der Waals surface area contributed by atoms with Crippen molar-refractivity contribution in [2.24, 2.45) is 5.92 Å². The first kappa shape index (κ1) is 10.4. The van der Waals surface area contributed by atoms with Gasteiger partial charge in [0.1, 0.15) is 12.0 Å². The largest absolute Gasteiger partial charge is 0.382 e. The van der Waals surface area contributed by atoms with Gasteiger partial charge < -0.3 is 10.8 Å². The molecule has 2 rings (SSSR count). The second kappa shape index (κ2) is 3.83. The van der Waals surface area contributed by atoms with Crippen molar-refractivity contribution in [3.8, 4) is 0 Å². The fraction of sp³-hybridized carbons (Fsp3) is 0.700. The Bertz CT molecular complexity index is 347. The molecule has 5 heteroatoms. The highest BCUT2D eigenvalue weighted by Gasteiger charge is 2.24. The van der Waals surface area contributed by atoms with Crippen molar-refractivity contribution in [2.75, 3.05) is 12.3 Å². The summed E-state index contributed by atoms with van der Waals surface area (Å²) < 4.78 is 1.92. The number of hydrogen-bond acceptors (Lipinski definition) is 4. The van der Waals surface area contributed by atoms with Crippen LogP contribution in [0.1, 0.15) is 19.5 Å². The second-order valence-corrected chi connectivity index (χ2v) is 4.41. The molecule has 1 aromatic heterocycles. The molecule has 0 radical (unpaired) electrons. The number of nitrogen functional groups attached to an aromatic ring is 1. The molecule has 0 saturated carbocycles. The monoisotopic (exact) mass is 210 g/mol. The molecule has 15 heavy (non-hydrogen) atoms. The summed E-state index contributed by atoms with van der Waals surface area (Å²) in [7, 11) is 0. The normalized spacial score (nSPS) is 19.2. The van der Waals surface area contributed by atoms with Gasteiger partial charge in [0, 0.05) is 19.2 Å². The van der Waals surface area contributed by atoms with E-state index in [1.54, 1.807) is 0 Å². The van der Waals surface area contributed by atoms with Crippen LogP contribution in [0, 0.1) is 5.92 Å². The molecular formula is C10H18N4O. The number of anilines is 1. The van der Waals surface area contributed by atoms with Gasteiger partial charge in [-0.1, -0.05) is 13.8 Å². The Morgan fingerprint density at radius 2 is 2.20 bits per heavy atom. The molecule has 0 bridgehead atoms. The zero-order chi connectivity index (χ0) is 11.0. The number of nitrogens with zero attached hydrogens (tertiary/aromatic N) is 3. The third kappa shape index (κ3) is 1.98. The van der Waals surface area contributed by atoms with Gasteiger partial charge >= 0.3 is 0 Å². The minimum absolute atomic E-state index is 0.247. The molecule has 2 heterocycles. The molecular weight excluding hydrogens is 192 g/mol. The van der Waals surface area contributed by atoms with Crippen LogP contribution in [-0.2, 0) is 13.1 Å². The predicted octanol–water partition coefficient (Wildman–Crippen LogP) is 0.255. The van der Waals surface area contributed by atoms with E-state index in [9.17, 15) is 5.11 Å². The highest BCUT2D eigenvalue weighted by Crippen LogP contribution is 2.18. The highest BCUT2D eigenvalue weighted by atomic mass is 16.3. The van der Waals surface area contributed by atoms with Gasteiger partial charge in [0.25, 0.3) is 0 Å². The zero-order valence-corrected chi connectivity index (χ0v) is 9.22. The fourth-order valence-corrected chi connectivity index (χ4v) is 1.96. The fourth-order valence-electron chi connectivity index (χ4n) is 1.96. The molecule has 1 aromatic rings. The number of fused-ring (bicyclic) bond motifs is 1. The van der Waals surface area contributed by atoms with Crippen LogP contribution in [0.15, 0.2) is 6.07 Å². The van der Waals surface area contributed by atoms with Gasteiger partial charge in [-0.3, -0.25) is 9.58 Å². The van der Waals surface area contributed by atoms with Crippen LogP contribution >= 0.6 is 0 Å². The minimum Gasteiger partial charge on any atom is -0.382 e. The van der Waals surface area contributed by atoms with E-state index >= 15 is 0 Å². The van der Waals surface area contributed by atoms with Crippen molar-refractivity contribution in [1.29, 1.82) is 0 Å². The highest BCUT2D eigenvalue weighted by molar-refractivity contribution is 5.29. The molecule has 0 aliphatic carbocycles. The third-order valence-corrected chi connectivity index (χ3v) is 2.82. The number of aliphatic hydroxyl groups excluding tert-OH is 1. The lowest BCUT2D eigenvalue weighted by molar-refractivity contribution is -0.0452. The maximum atomic E-state index is 9.95. The summed E-state index contributed by atoms with van der Waals surface area (Å²) in [5.41, 5.74) is 6.71. The SMILES string of the molecule is CC(C)C(O)N1CCn2nc(N)cc2C1. The molecule has 0 aromatic carbocycles. The van der Waals surface area contributed by atoms with Gasteiger partial charge in [-0.05, 0) is 5.92 Å². The Hall–Kier alpha value is -1.07. The van der Waals surface area contributed by atoms with E-state index in [4.69, 9.17) is 5.73 Å². The van der Waals surface area contributed by atoms with Crippen molar-refractivity contribution in [3.63, 3.8) is 0 Å². The van der Waals surface area contributed by atoms with E-state index in [0.29, 0.717) is 5.82 Å². The summed E-state index contributed by atoms with van der Waals surface area (Å²) in [6.45, 7) is 6.39. The van der Waals surface area contributed by atoms with E-state index < -0.39 is 0 Å². The summed E-state index contributed by atoms with van der Waals surface area (Å²) >= 11 is 0. The molecule has 3 N–H and O–H groups in total. The first-order valence-electron chi connectivity index (χ1n) is 5.32. The smallest absolute Gasteiger partial charge is 0.145 e. The Morgan fingerprint density at radius 1 is 1.47 bits per heavy atom. The average Bonchev–Trinajstić information content (AvgIpc) is 2.55. The van der Waals surface area contributed by atoms with Crippen LogP contribution < -0.4 is 5.73 Å². The number of nitrogens with two attached hydrogens (primary N) is 1. The predicted molar refractivity (Wildman–Crippen MR) is 57.9 cm³/mol. The summed E-state index contributed by atoms with van der Waals surface area (Å²) in [5, 5.41) is 14.1. The molecule has 0 saturated heterocycles. The van der Waals surface area contributed by atoms with Crippen LogP contribution in [0.3, 0.4) is 0 Å². The molecule has 0 amide bonds. The minimum atomic E-state index is -0.380. The van der Waals surface area contributed by atoms with E-state index in [1.165, 1.54) is 0 Å². The molecule has 1 aliphatic heterocycles. The maximum Gasteiger partial charge on any atom is 0.145 e. The van der Waals surface area contributed by atoms with E-state index in [0.717, 1.165) is 25.3 Å². The van der Waals surface area contributed by atoms with Gasteiger partial charge in [0.15, 0.2) is 0 Å². The molecule has 0 spiro atoms. The average molecular weight is 210 g/mol. The van der Waals surface area contributed by atoms with Crippen LogP contribution in [-0.4, -0.2) is 32.6 Å². The lowest BCUT2D eigenvalue weighted by atomic mass is 10.1. The summed E-state index contributed by atoms with van der Waals surface area (Å²) in [6.07, 6.45) is -0.380. The Balaban J connectivity index is 2.11. The number of hydrogen-bond donors (Lipinski definition) is 2. The number of aromatic nitrogens is 2. The lowest BCUT2D eigenvalue weighted by Crippen LogP contribution is -2.43. The molecule has 1 atom stereocenters. The summed E-state index contributed by atoms with van der Waals surface area (Å²) in [6, 6.07) is 1.87. The van der Waals surface area contributed by atoms with Gasteiger partial charge in [-0.15, -0.1) is 0 Å². The van der Waals surface area contributed by atoms with Crippen LogP contribution in [0.25, 0.3) is 0 Å². The molecule has 1 aliphatic rings. The molecule has 5 nitrogen and oxygen atoms in total. The van der Waals surface area contributed by atoms with Gasteiger partial charge in [-0.2, -0.15) is 5.10 Å². The Labute approximate surface area is 89.5 Å². The standard InChI is InChI=1S/C10H18N4O/c1-7(2)10(15)13-3-4-14-8(6-13)5-9(11)12-14/h5,7,10,15H,3-4,6H2,1-2H3,(H2,11,12). The zero-order valence-electron chi connectivity index (χ0n) is 9.22. The quantitative estimate of drug-likeness (QED) is 0.734. The van der Waals surface area contributed by atoms with Crippen molar-refractivity contribution < 1.29 is 5.11 Å². The maximum absolute atomic E-state index is 9.95. The number of aliphatic hydroxyl groups is 1. The van der Waals surface area contributed by atoms with Crippen molar-refractivity contribution in [3.05, 3.63) is 11.8 Å². The van der Waals surface area contributed by atoms with Crippen LogP contribution in [0.2, 0.25) is 0 Å². The lowest BCUT2D eigenvalue weighted by Gasteiger charge is -2.33. The van der Waals surface area contributed by atoms with E-state index in [2.05, 4.69) is 10.00 Å². The van der Waals surface area contributed by atoms with E-state index in [-0.39, 0.29) is 12.1 Å².